The van der Waals surface area contributed by atoms with Crippen molar-refractivity contribution >= 4 is 17.5 Å². The minimum atomic E-state index is 0.0795. The number of aryl methyl sites for hydroxylation is 1. The van der Waals surface area contributed by atoms with Gasteiger partial charge in [-0.25, -0.2) is 0 Å². The van der Waals surface area contributed by atoms with Crippen molar-refractivity contribution < 1.29 is 9.53 Å². The second kappa shape index (κ2) is 7.01. The summed E-state index contributed by atoms with van der Waals surface area (Å²) in [5.74, 6) is 0.758. The second-order valence-corrected chi connectivity index (χ2v) is 6.14. The highest BCUT2D eigenvalue weighted by atomic mass is 35.5. The summed E-state index contributed by atoms with van der Waals surface area (Å²) in [7, 11) is 0. The second-order valence-electron chi connectivity index (χ2n) is 5.73. The molecule has 1 aliphatic heterocycles. The number of likely N-dealkylation sites (tertiary alicyclic amines) is 1. The first kappa shape index (κ1) is 15.8. The molecule has 1 saturated heterocycles. The van der Waals surface area contributed by atoms with Gasteiger partial charge in [-0.2, -0.15) is 0 Å². The van der Waals surface area contributed by atoms with Crippen LogP contribution in [0.25, 0.3) is 0 Å². The molecule has 4 nitrogen and oxygen atoms in total. The van der Waals surface area contributed by atoms with E-state index in [0.717, 1.165) is 24.0 Å². The Balaban J connectivity index is 1.59. The first-order chi connectivity index (χ1) is 11.1. The number of pyridine rings is 1. The molecule has 5 heteroatoms. The molecule has 0 N–H and O–H groups in total. The van der Waals surface area contributed by atoms with Crippen molar-refractivity contribution in [1.29, 1.82) is 0 Å². The molecule has 1 aromatic heterocycles. The van der Waals surface area contributed by atoms with Crippen LogP contribution in [0.1, 0.15) is 28.8 Å². The van der Waals surface area contributed by atoms with Gasteiger partial charge < -0.3 is 9.64 Å². The van der Waals surface area contributed by atoms with Gasteiger partial charge >= 0.3 is 0 Å². The summed E-state index contributed by atoms with van der Waals surface area (Å²) in [6.45, 7) is 3.36. The third-order valence-corrected chi connectivity index (χ3v) is 4.42. The minimum absolute atomic E-state index is 0.0795. The molecule has 3 rings (SSSR count). The van der Waals surface area contributed by atoms with Crippen LogP contribution in [0.15, 0.2) is 42.7 Å². The van der Waals surface area contributed by atoms with Crippen molar-refractivity contribution in [2.75, 3.05) is 13.1 Å². The van der Waals surface area contributed by atoms with Gasteiger partial charge in [0.25, 0.3) is 5.91 Å². The molecule has 0 aliphatic carbocycles. The van der Waals surface area contributed by atoms with Gasteiger partial charge in [-0.1, -0.05) is 29.8 Å². The number of amides is 1. The van der Waals surface area contributed by atoms with E-state index in [9.17, 15) is 4.79 Å². The van der Waals surface area contributed by atoms with Crippen LogP contribution in [0.2, 0.25) is 5.02 Å². The van der Waals surface area contributed by atoms with Crippen molar-refractivity contribution in [3.05, 3.63) is 58.9 Å². The number of halogens is 1. The lowest BCUT2D eigenvalue weighted by Gasteiger charge is -2.32. The van der Waals surface area contributed by atoms with E-state index in [-0.39, 0.29) is 12.0 Å². The van der Waals surface area contributed by atoms with E-state index >= 15 is 0 Å². The highest BCUT2D eigenvalue weighted by Crippen LogP contribution is 2.26. The molecule has 0 atom stereocenters. The Kier molecular flexibility index (Phi) is 4.82. The predicted molar refractivity (Wildman–Crippen MR) is 90.0 cm³/mol. The third kappa shape index (κ3) is 3.64. The van der Waals surface area contributed by atoms with E-state index in [1.807, 2.05) is 36.1 Å². The van der Waals surface area contributed by atoms with Crippen molar-refractivity contribution in [2.45, 2.75) is 25.9 Å². The quantitative estimate of drug-likeness (QED) is 0.861. The fourth-order valence-electron chi connectivity index (χ4n) is 2.80. The Morgan fingerprint density at radius 3 is 2.70 bits per heavy atom. The Hall–Kier alpha value is -2.07. The number of carbonyl (C=O) groups excluding carboxylic acids is 1. The van der Waals surface area contributed by atoms with Gasteiger partial charge in [0.05, 0.1) is 0 Å². The summed E-state index contributed by atoms with van der Waals surface area (Å²) < 4.78 is 5.93. The van der Waals surface area contributed by atoms with Crippen LogP contribution in [0.3, 0.4) is 0 Å². The topological polar surface area (TPSA) is 42.4 Å². The lowest BCUT2D eigenvalue weighted by atomic mass is 10.0. The molecule has 0 unspecified atom stereocenters. The number of hydrogen-bond donors (Lipinski definition) is 0. The molecule has 2 heterocycles. The van der Waals surface area contributed by atoms with E-state index in [1.165, 1.54) is 0 Å². The van der Waals surface area contributed by atoms with E-state index in [4.69, 9.17) is 16.3 Å². The Morgan fingerprint density at radius 1 is 1.26 bits per heavy atom. The highest BCUT2D eigenvalue weighted by Gasteiger charge is 2.25. The largest absolute Gasteiger partial charge is 0.489 e. The number of ether oxygens (including phenoxy) is 1. The molecule has 23 heavy (non-hydrogen) atoms. The van der Waals surface area contributed by atoms with E-state index in [2.05, 4.69) is 4.98 Å². The molecule has 1 aliphatic rings. The maximum absolute atomic E-state index is 12.6. The Labute approximate surface area is 141 Å². The zero-order chi connectivity index (χ0) is 16.2. The Bertz CT molecular complexity index is 697. The molecular formula is C18H19ClN2O2. The van der Waals surface area contributed by atoms with Crippen LogP contribution in [-0.2, 0) is 0 Å². The number of benzene rings is 1. The summed E-state index contributed by atoms with van der Waals surface area (Å²) in [6.07, 6.45) is 4.93. The number of aromatic nitrogens is 1. The van der Waals surface area contributed by atoms with Crippen LogP contribution < -0.4 is 4.74 Å². The van der Waals surface area contributed by atoms with Crippen molar-refractivity contribution in [1.82, 2.24) is 9.88 Å². The van der Waals surface area contributed by atoms with E-state index < -0.39 is 0 Å². The number of carbonyl (C=O) groups is 1. The van der Waals surface area contributed by atoms with E-state index in [1.54, 1.807) is 18.5 Å². The standard InChI is InChI=1S/C18H19ClN2O2/c1-13-4-2-3-5-15(13)18(22)21-10-7-14(8-11-21)23-17-6-9-20-12-16(17)19/h2-6,9,12,14H,7-8,10-11H2,1H3. The molecule has 120 valence electrons. The summed E-state index contributed by atoms with van der Waals surface area (Å²) in [5.41, 5.74) is 1.79. The maximum Gasteiger partial charge on any atom is 0.254 e. The molecule has 2 aromatic rings. The maximum atomic E-state index is 12.6. The molecule has 1 fully saturated rings. The van der Waals surface area contributed by atoms with Crippen LogP contribution in [0.5, 0.6) is 5.75 Å². The van der Waals surface area contributed by atoms with Crippen molar-refractivity contribution in [3.8, 4) is 5.75 Å². The van der Waals surface area contributed by atoms with Gasteiger partial charge in [0.2, 0.25) is 0 Å². The molecule has 0 spiro atoms. The van der Waals surface area contributed by atoms with Crippen LogP contribution in [0, 0.1) is 6.92 Å². The number of piperidine rings is 1. The first-order valence-electron chi connectivity index (χ1n) is 7.76. The molecule has 1 aromatic carbocycles. The van der Waals surface area contributed by atoms with Gasteiger partial charge in [0.15, 0.2) is 0 Å². The fraction of sp³-hybridized carbons (Fsp3) is 0.333. The summed E-state index contributed by atoms with van der Waals surface area (Å²) in [4.78, 5) is 18.4. The number of rotatable bonds is 3. The van der Waals surface area contributed by atoms with Crippen molar-refractivity contribution in [2.24, 2.45) is 0 Å². The number of hydrogen-bond acceptors (Lipinski definition) is 3. The first-order valence-corrected chi connectivity index (χ1v) is 8.14. The molecular weight excluding hydrogens is 312 g/mol. The molecule has 0 bridgehead atoms. The smallest absolute Gasteiger partial charge is 0.254 e. The highest BCUT2D eigenvalue weighted by molar-refractivity contribution is 6.31. The summed E-state index contributed by atoms with van der Waals surface area (Å²) in [6, 6.07) is 9.48. The zero-order valence-electron chi connectivity index (χ0n) is 13.0. The molecule has 0 saturated carbocycles. The summed E-state index contributed by atoms with van der Waals surface area (Å²) >= 11 is 6.07. The summed E-state index contributed by atoms with van der Waals surface area (Å²) in [5, 5.41) is 0.519. The van der Waals surface area contributed by atoms with Crippen LogP contribution >= 0.6 is 11.6 Å². The normalized spacial score (nSPS) is 15.5. The third-order valence-electron chi connectivity index (χ3n) is 4.13. The Morgan fingerprint density at radius 2 is 2.00 bits per heavy atom. The van der Waals surface area contributed by atoms with Crippen LogP contribution in [0.4, 0.5) is 0 Å². The monoisotopic (exact) mass is 330 g/mol. The predicted octanol–water partition coefficient (Wildman–Crippen LogP) is 3.73. The van der Waals surface area contributed by atoms with Gasteiger partial charge in [-0.05, 0) is 18.6 Å². The minimum Gasteiger partial charge on any atom is -0.489 e. The zero-order valence-corrected chi connectivity index (χ0v) is 13.8. The van der Waals surface area contributed by atoms with Gasteiger partial charge in [-0.3, -0.25) is 9.78 Å². The molecule has 0 radical (unpaired) electrons. The lowest BCUT2D eigenvalue weighted by molar-refractivity contribution is 0.0595. The van der Waals surface area contributed by atoms with Crippen LogP contribution in [-0.4, -0.2) is 35.0 Å². The SMILES string of the molecule is Cc1ccccc1C(=O)N1CCC(Oc2ccncc2Cl)CC1. The van der Waals surface area contributed by atoms with Crippen molar-refractivity contribution in [3.63, 3.8) is 0 Å². The average Bonchev–Trinajstić information content (AvgIpc) is 2.57. The lowest BCUT2D eigenvalue weighted by Crippen LogP contribution is -2.42. The van der Waals surface area contributed by atoms with E-state index in [0.29, 0.717) is 23.9 Å². The number of nitrogens with zero attached hydrogens (tertiary/aromatic N) is 2. The van der Waals surface area contributed by atoms with Gasteiger partial charge in [0, 0.05) is 50.0 Å². The fourth-order valence-corrected chi connectivity index (χ4v) is 2.96. The van der Waals surface area contributed by atoms with Gasteiger partial charge in [0.1, 0.15) is 16.9 Å². The average molecular weight is 331 g/mol. The van der Waals surface area contributed by atoms with Gasteiger partial charge in [-0.15, -0.1) is 0 Å². The molecule has 1 amide bonds.